The lowest BCUT2D eigenvalue weighted by molar-refractivity contribution is 0.293. The van der Waals surface area contributed by atoms with Gasteiger partial charge in [0.05, 0.1) is 0 Å². The number of rotatable bonds is 6. The van der Waals surface area contributed by atoms with Gasteiger partial charge in [0.15, 0.2) is 0 Å². The third kappa shape index (κ3) is 4.29. The van der Waals surface area contributed by atoms with Crippen LogP contribution in [0.3, 0.4) is 0 Å². The second-order valence-corrected chi connectivity index (χ2v) is 5.76. The average molecular weight is 352 g/mol. The molecule has 0 heterocycles. The number of hydrogen-bond donors (Lipinski definition) is 1. The molecule has 0 saturated carbocycles. The van der Waals surface area contributed by atoms with E-state index in [0.29, 0.717) is 5.56 Å². The minimum Gasteiger partial charge on any atom is -0.488 e. The molecule has 2 aromatic carbocycles. The number of nitrogens with one attached hydrogen (secondary N) is 1. The fourth-order valence-electron chi connectivity index (χ4n) is 2.18. The van der Waals surface area contributed by atoms with Gasteiger partial charge in [-0.3, -0.25) is 0 Å². The Morgan fingerprint density at radius 2 is 2.00 bits per heavy atom. The van der Waals surface area contributed by atoms with Crippen molar-refractivity contribution in [3.63, 3.8) is 0 Å². The molecule has 0 saturated heterocycles. The van der Waals surface area contributed by atoms with E-state index in [1.54, 1.807) is 12.1 Å². The molecule has 0 fully saturated rings. The Kier molecular flexibility index (Phi) is 5.76. The van der Waals surface area contributed by atoms with Gasteiger partial charge in [-0.1, -0.05) is 47.1 Å². The Hall–Kier alpha value is -1.39. The Morgan fingerprint density at radius 1 is 1.24 bits per heavy atom. The van der Waals surface area contributed by atoms with Crippen molar-refractivity contribution in [2.24, 2.45) is 0 Å². The van der Waals surface area contributed by atoms with Crippen molar-refractivity contribution < 1.29 is 9.13 Å². The number of hydrogen-bond acceptors (Lipinski definition) is 2. The van der Waals surface area contributed by atoms with Crippen LogP contribution in [0.4, 0.5) is 4.39 Å². The Bertz CT molecular complexity index is 603. The molecule has 1 unspecified atom stereocenters. The quantitative estimate of drug-likeness (QED) is 0.803. The third-order valence-corrected chi connectivity index (χ3v) is 3.79. The lowest BCUT2D eigenvalue weighted by atomic mass is 10.1. The second kappa shape index (κ2) is 7.57. The van der Waals surface area contributed by atoms with Crippen molar-refractivity contribution in [1.82, 2.24) is 5.32 Å². The van der Waals surface area contributed by atoms with Crippen LogP contribution in [0, 0.1) is 5.82 Å². The first-order valence-electron chi connectivity index (χ1n) is 7.01. The lowest BCUT2D eigenvalue weighted by Crippen LogP contribution is -2.18. The highest BCUT2D eigenvalue weighted by atomic mass is 79.9. The molecule has 0 aliphatic rings. The standard InChI is InChI=1S/C17H19BrFNO/c1-3-20-12(2)15-9-8-14(18)10-17(15)21-11-13-6-4-5-7-16(13)19/h4-10,12,20H,3,11H2,1-2H3. The summed E-state index contributed by atoms with van der Waals surface area (Å²) in [6, 6.07) is 12.8. The van der Waals surface area contributed by atoms with Crippen molar-refractivity contribution in [2.45, 2.75) is 26.5 Å². The summed E-state index contributed by atoms with van der Waals surface area (Å²) in [5.74, 6) is 0.523. The molecule has 2 nitrogen and oxygen atoms in total. The number of ether oxygens (including phenoxy) is 1. The molecule has 112 valence electrons. The highest BCUT2D eigenvalue weighted by Crippen LogP contribution is 2.29. The van der Waals surface area contributed by atoms with Gasteiger partial charge >= 0.3 is 0 Å². The zero-order valence-electron chi connectivity index (χ0n) is 12.2. The summed E-state index contributed by atoms with van der Waals surface area (Å²) in [6.07, 6.45) is 0. The van der Waals surface area contributed by atoms with Crippen LogP contribution in [0.25, 0.3) is 0 Å². The van der Waals surface area contributed by atoms with Gasteiger partial charge in [-0.25, -0.2) is 4.39 Å². The molecule has 0 spiro atoms. The Morgan fingerprint density at radius 3 is 2.71 bits per heavy atom. The summed E-state index contributed by atoms with van der Waals surface area (Å²) >= 11 is 3.45. The predicted octanol–water partition coefficient (Wildman–Crippen LogP) is 4.84. The van der Waals surface area contributed by atoms with Gasteiger partial charge in [-0.15, -0.1) is 0 Å². The zero-order chi connectivity index (χ0) is 15.2. The largest absolute Gasteiger partial charge is 0.488 e. The van der Waals surface area contributed by atoms with Crippen molar-refractivity contribution in [1.29, 1.82) is 0 Å². The molecule has 0 aliphatic carbocycles. The van der Waals surface area contributed by atoms with Gasteiger partial charge in [-0.05, 0) is 31.7 Å². The summed E-state index contributed by atoms with van der Waals surface area (Å²) in [4.78, 5) is 0. The lowest BCUT2D eigenvalue weighted by Gasteiger charge is -2.18. The first-order chi connectivity index (χ1) is 10.1. The fourth-order valence-corrected chi connectivity index (χ4v) is 2.52. The highest BCUT2D eigenvalue weighted by molar-refractivity contribution is 9.10. The topological polar surface area (TPSA) is 21.3 Å². The smallest absolute Gasteiger partial charge is 0.129 e. The van der Waals surface area contributed by atoms with E-state index in [4.69, 9.17) is 4.74 Å². The molecule has 1 N–H and O–H groups in total. The summed E-state index contributed by atoms with van der Waals surface area (Å²) < 4.78 is 20.4. The van der Waals surface area contributed by atoms with E-state index in [0.717, 1.165) is 22.3 Å². The van der Waals surface area contributed by atoms with E-state index in [2.05, 4.69) is 35.1 Å². The maximum Gasteiger partial charge on any atom is 0.129 e. The summed E-state index contributed by atoms with van der Waals surface area (Å²) in [5, 5.41) is 3.36. The van der Waals surface area contributed by atoms with Gasteiger partial charge in [-0.2, -0.15) is 0 Å². The van der Waals surface area contributed by atoms with E-state index in [9.17, 15) is 4.39 Å². The normalized spacial score (nSPS) is 12.2. The summed E-state index contributed by atoms with van der Waals surface area (Å²) in [7, 11) is 0. The van der Waals surface area contributed by atoms with Crippen LogP contribution in [0.15, 0.2) is 46.9 Å². The SMILES string of the molecule is CCNC(C)c1ccc(Br)cc1OCc1ccccc1F. The summed E-state index contributed by atoms with van der Waals surface area (Å²) in [5.41, 5.74) is 1.62. The number of halogens is 2. The molecule has 0 radical (unpaired) electrons. The molecule has 2 rings (SSSR count). The van der Waals surface area contributed by atoms with Gasteiger partial charge in [0.25, 0.3) is 0 Å². The molecule has 0 aliphatic heterocycles. The van der Waals surface area contributed by atoms with Gasteiger partial charge in [0.1, 0.15) is 18.2 Å². The molecule has 1 atom stereocenters. The van der Waals surface area contributed by atoms with Gasteiger partial charge < -0.3 is 10.1 Å². The molecular weight excluding hydrogens is 333 g/mol. The minimum atomic E-state index is -0.242. The predicted molar refractivity (Wildman–Crippen MR) is 87.0 cm³/mol. The average Bonchev–Trinajstić information content (AvgIpc) is 2.46. The van der Waals surface area contributed by atoms with E-state index in [1.807, 2.05) is 24.3 Å². The monoisotopic (exact) mass is 351 g/mol. The van der Waals surface area contributed by atoms with E-state index < -0.39 is 0 Å². The van der Waals surface area contributed by atoms with Crippen molar-refractivity contribution in [2.75, 3.05) is 6.54 Å². The van der Waals surface area contributed by atoms with Crippen molar-refractivity contribution in [3.05, 3.63) is 63.9 Å². The molecule has 2 aromatic rings. The zero-order valence-corrected chi connectivity index (χ0v) is 13.8. The van der Waals surface area contributed by atoms with Crippen LogP contribution < -0.4 is 10.1 Å². The maximum absolute atomic E-state index is 13.6. The highest BCUT2D eigenvalue weighted by Gasteiger charge is 2.12. The Labute approximate surface area is 133 Å². The molecule has 21 heavy (non-hydrogen) atoms. The molecule has 4 heteroatoms. The van der Waals surface area contributed by atoms with Crippen LogP contribution in [0.5, 0.6) is 5.75 Å². The maximum atomic E-state index is 13.6. The fraction of sp³-hybridized carbons (Fsp3) is 0.294. The van der Waals surface area contributed by atoms with Gasteiger partial charge in [0, 0.05) is 21.6 Å². The van der Waals surface area contributed by atoms with Crippen LogP contribution in [-0.4, -0.2) is 6.54 Å². The van der Waals surface area contributed by atoms with Crippen LogP contribution >= 0.6 is 15.9 Å². The summed E-state index contributed by atoms with van der Waals surface area (Å²) in [6.45, 7) is 5.25. The van der Waals surface area contributed by atoms with Crippen LogP contribution in [0.2, 0.25) is 0 Å². The molecule has 0 amide bonds. The molecule has 0 aromatic heterocycles. The van der Waals surface area contributed by atoms with Crippen molar-refractivity contribution in [3.8, 4) is 5.75 Å². The molecular formula is C17H19BrFNO. The number of benzene rings is 2. The van der Waals surface area contributed by atoms with Gasteiger partial charge in [0.2, 0.25) is 0 Å². The third-order valence-electron chi connectivity index (χ3n) is 3.29. The van der Waals surface area contributed by atoms with Crippen molar-refractivity contribution >= 4 is 15.9 Å². The second-order valence-electron chi connectivity index (χ2n) is 4.84. The van der Waals surface area contributed by atoms with E-state index in [-0.39, 0.29) is 18.5 Å². The minimum absolute atomic E-state index is 0.179. The van der Waals surface area contributed by atoms with Crippen LogP contribution in [-0.2, 0) is 6.61 Å². The molecule has 0 bridgehead atoms. The first kappa shape index (κ1) is 16.0. The van der Waals surface area contributed by atoms with E-state index >= 15 is 0 Å². The van der Waals surface area contributed by atoms with Crippen LogP contribution in [0.1, 0.15) is 31.0 Å². The first-order valence-corrected chi connectivity index (χ1v) is 7.80. The Balaban J connectivity index is 2.18. The van der Waals surface area contributed by atoms with E-state index in [1.165, 1.54) is 6.07 Å².